The number of allylic oxidation sites excluding steroid dienone is 20. The Morgan fingerprint density at radius 2 is 0.897 bits per heavy atom. The Bertz CT molecular complexity index is 1470. The van der Waals surface area contributed by atoms with Crippen LogP contribution in [0, 0.1) is 0 Å². The predicted molar refractivity (Wildman–Crippen MR) is 237 cm³/mol. The van der Waals surface area contributed by atoms with Crippen molar-refractivity contribution in [1.82, 2.24) is 0 Å². The van der Waals surface area contributed by atoms with Gasteiger partial charge in [0.15, 0.2) is 6.10 Å². The van der Waals surface area contributed by atoms with Crippen molar-refractivity contribution in [2.75, 3.05) is 13.2 Å². The standard InChI is InChI=1S/C47H69O10P/c1-3-5-7-8-9-10-11-12-13-14-15-16-17-18-19-20-21-26-34-40-47(51)57-45(42-56-58(52,53)54)41-55-46(50)39-33-25-23-22-24-30-36-44(49)38-32-28-27-31-37-43(48)35-29-6-4-2/h5-7,9-10,12-13,15-16,18-19,21,23-32,37-38,43-45,48-49H,3-4,8,11,14,17,20,22,33-36,39-42H2,1-2H3,(H2,52,53,54)/b7-5-,10-9-,13-12-,16-15-,19-18-,25-23-,26-21-,28-27-,29-6-,30-24-,37-31+,38-32+/t43-,44+,45-/m1/s1. The van der Waals surface area contributed by atoms with Crippen LogP contribution in [0.25, 0.3) is 0 Å². The molecule has 0 heterocycles. The third kappa shape index (κ3) is 41.5. The number of phosphoric acid groups is 1. The van der Waals surface area contributed by atoms with Crippen LogP contribution < -0.4 is 0 Å². The van der Waals surface area contributed by atoms with E-state index in [1.807, 2.05) is 61.6 Å². The summed E-state index contributed by atoms with van der Waals surface area (Å²) in [5, 5.41) is 19.9. The minimum atomic E-state index is -4.83. The molecule has 0 aliphatic carbocycles. The SMILES string of the molecule is CC/C=C\C/C=C\C/C=C\C/C=C\C/C=C\C/C=C\CCC(=O)O[C@H](COC(=O)CC/C=C\C/C=C\C[C@H](O)/C=C/C=C\C=C\[C@H](O)C/C=C\CC)COP(=O)(O)O. The second-order valence-corrected chi connectivity index (χ2v) is 14.1. The summed E-state index contributed by atoms with van der Waals surface area (Å²) in [5.41, 5.74) is 0. The van der Waals surface area contributed by atoms with Gasteiger partial charge in [-0.1, -0.05) is 160 Å². The Kier molecular flexibility index (Phi) is 36.8. The molecule has 0 unspecified atom stereocenters. The summed E-state index contributed by atoms with van der Waals surface area (Å²) in [7, 11) is -4.83. The number of aliphatic hydroxyl groups excluding tert-OH is 2. The van der Waals surface area contributed by atoms with Crippen LogP contribution in [-0.4, -0.2) is 63.5 Å². The Balaban J connectivity index is 4.34. The van der Waals surface area contributed by atoms with Crippen LogP contribution >= 0.6 is 7.82 Å². The van der Waals surface area contributed by atoms with Crippen LogP contribution in [-0.2, 0) is 28.2 Å². The van der Waals surface area contributed by atoms with Gasteiger partial charge in [-0.3, -0.25) is 14.1 Å². The number of phosphoric ester groups is 1. The van der Waals surface area contributed by atoms with Crippen LogP contribution in [0.15, 0.2) is 146 Å². The number of rotatable bonds is 34. The van der Waals surface area contributed by atoms with E-state index in [4.69, 9.17) is 19.3 Å². The van der Waals surface area contributed by atoms with Crippen molar-refractivity contribution in [3.8, 4) is 0 Å². The molecule has 0 aromatic heterocycles. The molecule has 0 aliphatic rings. The van der Waals surface area contributed by atoms with Crippen molar-refractivity contribution in [3.63, 3.8) is 0 Å². The lowest BCUT2D eigenvalue weighted by Crippen LogP contribution is -2.29. The normalized spacial score (nSPS) is 15.1. The molecule has 0 radical (unpaired) electrons. The molecule has 3 atom stereocenters. The van der Waals surface area contributed by atoms with Gasteiger partial charge < -0.3 is 29.5 Å². The van der Waals surface area contributed by atoms with Crippen molar-refractivity contribution in [2.45, 2.75) is 122 Å². The molecular weight excluding hydrogens is 755 g/mol. The van der Waals surface area contributed by atoms with Gasteiger partial charge >= 0.3 is 19.8 Å². The van der Waals surface area contributed by atoms with E-state index >= 15 is 0 Å². The first-order valence-corrected chi connectivity index (χ1v) is 21.9. The molecule has 0 bridgehead atoms. The second kappa shape index (κ2) is 39.7. The van der Waals surface area contributed by atoms with Crippen molar-refractivity contribution in [1.29, 1.82) is 0 Å². The van der Waals surface area contributed by atoms with Crippen molar-refractivity contribution >= 4 is 19.8 Å². The molecule has 0 rings (SSSR count). The first kappa shape index (κ1) is 53.9. The summed E-state index contributed by atoms with van der Waals surface area (Å²) >= 11 is 0. The zero-order valence-corrected chi connectivity index (χ0v) is 35.5. The highest BCUT2D eigenvalue weighted by Gasteiger charge is 2.22. The van der Waals surface area contributed by atoms with Gasteiger partial charge in [-0.15, -0.1) is 0 Å². The first-order valence-electron chi connectivity index (χ1n) is 20.3. The predicted octanol–water partition coefficient (Wildman–Crippen LogP) is 10.4. The highest BCUT2D eigenvalue weighted by atomic mass is 31.2. The van der Waals surface area contributed by atoms with Gasteiger partial charge in [0, 0.05) is 12.8 Å². The summed E-state index contributed by atoms with van der Waals surface area (Å²) in [6.07, 6.45) is 53.7. The zero-order valence-electron chi connectivity index (χ0n) is 34.6. The highest BCUT2D eigenvalue weighted by Crippen LogP contribution is 2.35. The maximum Gasteiger partial charge on any atom is 0.469 e. The molecule has 0 fully saturated rings. The van der Waals surface area contributed by atoms with Crippen molar-refractivity contribution < 1.29 is 48.2 Å². The molecule has 0 saturated heterocycles. The van der Waals surface area contributed by atoms with Crippen molar-refractivity contribution in [3.05, 3.63) is 146 Å². The summed E-state index contributed by atoms with van der Waals surface area (Å²) in [5.74, 6) is -1.17. The van der Waals surface area contributed by atoms with Crippen LogP contribution in [0.1, 0.15) is 104 Å². The van der Waals surface area contributed by atoms with Gasteiger partial charge in [0.25, 0.3) is 0 Å². The van der Waals surface area contributed by atoms with E-state index in [1.165, 1.54) is 0 Å². The van der Waals surface area contributed by atoms with E-state index < -0.39 is 51.3 Å². The Morgan fingerprint density at radius 1 is 0.517 bits per heavy atom. The molecule has 0 spiro atoms. The van der Waals surface area contributed by atoms with Gasteiger partial charge in [-0.05, 0) is 77.0 Å². The molecule has 322 valence electrons. The molecule has 0 amide bonds. The van der Waals surface area contributed by atoms with Gasteiger partial charge in [0.2, 0.25) is 0 Å². The van der Waals surface area contributed by atoms with E-state index in [9.17, 15) is 24.4 Å². The fraction of sp³-hybridized carbons (Fsp3) is 0.447. The fourth-order valence-electron chi connectivity index (χ4n) is 4.54. The minimum Gasteiger partial charge on any atom is -0.462 e. The second-order valence-electron chi connectivity index (χ2n) is 12.9. The summed E-state index contributed by atoms with van der Waals surface area (Å²) in [6, 6.07) is 0. The zero-order chi connectivity index (χ0) is 42.8. The van der Waals surface area contributed by atoms with Crippen LogP contribution in [0.4, 0.5) is 0 Å². The molecular formula is C47H69O10P. The number of esters is 2. The Labute approximate surface area is 348 Å². The number of aliphatic hydroxyl groups is 2. The van der Waals surface area contributed by atoms with Gasteiger partial charge in [0.05, 0.1) is 18.8 Å². The Hall–Kier alpha value is -4.15. The highest BCUT2D eigenvalue weighted by molar-refractivity contribution is 7.46. The maximum absolute atomic E-state index is 12.4. The number of hydrogen-bond donors (Lipinski definition) is 4. The van der Waals surface area contributed by atoms with Gasteiger partial charge in [0.1, 0.15) is 6.61 Å². The molecule has 58 heavy (non-hydrogen) atoms. The molecule has 11 heteroatoms. The number of carbonyl (C=O) groups is 2. The van der Waals surface area contributed by atoms with Gasteiger partial charge in [-0.2, -0.15) is 0 Å². The summed E-state index contributed by atoms with van der Waals surface area (Å²) in [4.78, 5) is 42.8. The van der Waals surface area contributed by atoms with Crippen molar-refractivity contribution in [2.24, 2.45) is 0 Å². The average Bonchev–Trinajstić information content (AvgIpc) is 3.18. The lowest BCUT2D eigenvalue weighted by molar-refractivity contribution is -0.161. The average molecular weight is 825 g/mol. The van der Waals surface area contributed by atoms with Crippen LogP contribution in [0.3, 0.4) is 0 Å². The smallest absolute Gasteiger partial charge is 0.462 e. The van der Waals surface area contributed by atoms with E-state index in [0.717, 1.165) is 38.5 Å². The topological polar surface area (TPSA) is 160 Å². The first-order chi connectivity index (χ1) is 28.1. The van der Waals surface area contributed by atoms with E-state index in [2.05, 4.69) is 66.1 Å². The van der Waals surface area contributed by atoms with E-state index in [0.29, 0.717) is 38.5 Å². The van der Waals surface area contributed by atoms with E-state index in [1.54, 1.807) is 36.5 Å². The number of ether oxygens (including phenoxy) is 2. The molecule has 0 saturated carbocycles. The number of carbonyl (C=O) groups excluding carboxylic acids is 2. The molecule has 0 aromatic rings. The maximum atomic E-state index is 12.4. The number of hydrogen-bond acceptors (Lipinski definition) is 8. The fourth-order valence-corrected chi connectivity index (χ4v) is 4.90. The quantitative estimate of drug-likeness (QED) is 0.0213. The van der Waals surface area contributed by atoms with Crippen LogP contribution in [0.5, 0.6) is 0 Å². The lowest BCUT2D eigenvalue weighted by Gasteiger charge is -2.18. The summed E-state index contributed by atoms with van der Waals surface area (Å²) < 4.78 is 26.2. The largest absolute Gasteiger partial charge is 0.469 e. The molecule has 0 aromatic carbocycles. The minimum absolute atomic E-state index is 0.0385. The van der Waals surface area contributed by atoms with Gasteiger partial charge in [-0.25, -0.2) is 4.57 Å². The summed E-state index contributed by atoms with van der Waals surface area (Å²) in [6.45, 7) is 3.14. The monoisotopic (exact) mass is 824 g/mol. The van der Waals surface area contributed by atoms with E-state index in [-0.39, 0.29) is 12.8 Å². The third-order valence-electron chi connectivity index (χ3n) is 7.55. The third-order valence-corrected chi connectivity index (χ3v) is 8.03. The molecule has 0 aliphatic heterocycles. The Morgan fingerprint density at radius 3 is 1.34 bits per heavy atom. The molecule has 10 nitrogen and oxygen atoms in total. The lowest BCUT2D eigenvalue weighted by atomic mass is 10.2. The molecule has 4 N–H and O–H groups in total. The van der Waals surface area contributed by atoms with Crippen LogP contribution in [0.2, 0.25) is 0 Å².